The summed E-state index contributed by atoms with van der Waals surface area (Å²) in [6.07, 6.45) is 14.1. The van der Waals surface area contributed by atoms with Crippen LogP contribution in [-0.4, -0.2) is 189 Å². The second kappa shape index (κ2) is 50.5. The molecule has 0 atom stereocenters. The first-order valence-corrected chi connectivity index (χ1v) is 26.3. The first-order chi connectivity index (χ1) is 33.7. The lowest BCUT2D eigenvalue weighted by atomic mass is 10.1. The van der Waals surface area contributed by atoms with Gasteiger partial charge in [0.15, 0.2) is 0 Å². The van der Waals surface area contributed by atoms with Gasteiger partial charge in [0.1, 0.15) is 33.0 Å². The minimum absolute atomic E-state index is 0.173. The van der Waals surface area contributed by atoms with E-state index in [4.69, 9.17) is 42.6 Å². The molecule has 0 saturated carbocycles. The molecule has 0 radical (unpaired) electrons. The highest BCUT2D eigenvalue weighted by atomic mass is 16.6. The number of ether oxygens (including phenoxy) is 9. The van der Waals surface area contributed by atoms with Gasteiger partial charge in [-0.15, -0.1) is 0 Å². The Hall–Kier alpha value is -3.42. The molecule has 1 fully saturated rings. The standard InChI is InChI=1S/C21H41NO5.C16H29NO5.C15H29NO5/c1-18(2)22(19(3)4)14-10-6-7-11-15-26-20(23)12-8-9-13-21(24)27-17-16-25-5;1-20-13-14-22-16(19)8-4-3-7-15(18)21-12-11-17-9-5-2-6-10-17;1-4-16(5-2)10-11-20-14(17)8-6-7-9-15(18)21-13-12-19-3/h18-19H,6-17H2,1-5H3;2-14H2,1H3;4-13H2,1-3H3. The molecular weight excluding hydrogens is 907 g/mol. The third-order valence-corrected chi connectivity index (χ3v) is 11.3. The summed E-state index contributed by atoms with van der Waals surface area (Å²) in [5.41, 5.74) is 0. The Kier molecular flexibility index (Phi) is 49.5. The van der Waals surface area contributed by atoms with Crippen LogP contribution < -0.4 is 0 Å². The summed E-state index contributed by atoms with van der Waals surface area (Å²) in [7, 11) is 4.68. The average Bonchev–Trinajstić information content (AvgIpc) is 3.33. The Morgan fingerprint density at radius 2 is 0.743 bits per heavy atom. The highest BCUT2D eigenvalue weighted by Gasteiger charge is 2.14. The number of methoxy groups -OCH3 is 3. The molecule has 18 heteroatoms. The molecule has 1 aliphatic rings. The quantitative estimate of drug-likeness (QED) is 0.0335. The Morgan fingerprint density at radius 1 is 0.400 bits per heavy atom. The fourth-order valence-corrected chi connectivity index (χ4v) is 7.11. The van der Waals surface area contributed by atoms with Crippen LogP contribution >= 0.6 is 0 Å². The largest absolute Gasteiger partial charge is 0.466 e. The lowest BCUT2D eigenvalue weighted by Gasteiger charge is -2.30. The number of likely N-dealkylation sites (N-methyl/N-ethyl adjacent to an activating group) is 1. The van der Waals surface area contributed by atoms with Crippen molar-refractivity contribution < 1.29 is 71.4 Å². The minimum Gasteiger partial charge on any atom is -0.466 e. The van der Waals surface area contributed by atoms with Gasteiger partial charge in [-0.25, -0.2) is 0 Å². The molecule has 0 unspecified atom stereocenters. The third-order valence-electron chi connectivity index (χ3n) is 11.3. The number of unbranched alkanes of at least 4 members (excludes halogenated alkanes) is 6. The van der Waals surface area contributed by atoms with E-state index in [9.17, 15) is 28.8 Å². The van der Waals surface area contributed by atoms with Crippen LogP contribution in [0.3, 0.4) is 0 Å². The maximum Gasteiger partial charge on any atom is 0.305 e. The molecule has 18 nitrogen and oxygen atoms in total. The van der Waals surface area contributed by atoms with Gasteiger partial charge in [0, 0.05) is 85.0 Å². The van der Waals surface area contributed by atoms with Crippen LogP contribution in [-0.2, 0) is 71.4 Å². The number of nitrogens with zero attached hydrogens (tertiary/aromatic N) is 3. The maximum absolute atomic E-state index is 11.7. The van der Waals surface area contributed by atoms with E-state index in [2.05, 4.69) is 56.2 Å². The number of carbonyl (C=O) groups is 6. The van der Waals surface area contributed by atoms with Crippen molar-refractivity contribution in [2.45, 2.75) is 176 Å². The van der Waals surface area contributed by atoms with Crippen molar-refractivity contribution in [3.63, 3.8) is 0 Å². The first-order valence-electron chi connectivity index (χ1n) is 26.3. The van der Waals surface area contributed by atoms with Crippen molar-refractivity contribution in [3.05, 3.63) is 0 Å². The van der Waals surface area contributed by atoms with E-state index in [0.29, 0.717) is 129 Å². The van der Waals surface area contributed by atoms with Crippen molar-refractivity contribution >= 4 is 35.8 Å². The Labute approximate surface area is 423 Å². The van der Waals surface area contributed by atoms with Crippen LogP contribution in [0.4, 0.5) is 0 Å². The summed E-state index contributed by atoms with van der Waals surface area (Å²) in [5, 5.41) is 0. The molecule has 70 heavy (non-hydrogen) atoms. The second-order valence-electron chi connectivity index (χ2n) is 17.7. The molecule has 0 aromatic heterocycles. The van der Waals surface area contributed by atoms with Gasteiger partial charge < -0.3 is 47.5 Å². The van der Waals surface area contributed by atoms with E-state index >= 15 is 0 Å². The monoisotopic (exact) mass is 1010 g/mol. The lowest BCUT2D eigenvalue weighted by molar-refractivity contribution is -0.146. The molecule has 0 aliphatic carbocycles. The summed E-state index contributed by atoms with van der Waals surface area (Å²) in [4.78, 5) is 75.7. The normalized spacial score (nSPS) is 12.5. The lowest BCUT2D eigenvalue weighted by Crippen LogP contribution is -2.37. The van der Waals surface area contributed by atoms with Crippen LogP contribution in [0.25, 0.3) is 0 Å². The van der Waals surface area contributed by atoms with E-state index in [1.807, 2.05) is 0 Å². The van der Waals surface area contributed by atoms with Gasteiger partial charge in [0.2, 0.25) is 0 Å². The van der Waals surface area contributed by atoms with Gasteiger partial charge in [0.05, 0.1) is 26.4 Å². The van der Waals surface area contributed by atoms with Gasteiger partial charge in [0.25, 0.3) is 0 Å². The van der Waals surface area contributed by atoms with Crippen LogP contribution in [0.2, 0.25) is 0 Å². The molecule has 1 aliphatic heterocycles. The van der Waals surface area contributed by atoms with Crippen molar-refractivity contribution in [1.29, 1.82) is 0 Å². The van der Waals surface area contributed by atoms with E-state index in [1.54, 1.807) is 21.3 Å². The number of rotatable bonds is 41. The summed E-state index contributed by atoms with van der Waals surface area (Å²) in [6.45, 7) is 23.5. The zero-order valence-corrected chi connectivity index (χ0v) is 45.4. The minimum atomic E-state index is -0.248. The summed E-state index contributed by atoms with van der Waals surface area (Å²) in [6, 6.07) is 1.16. The summed E-state index contributed by atoms with van der Waals surface area (Å²) >= 11 is 0. The van der Waals surface area contributed by atoms with Crippen molar-refractivity contribution in [1.82, 2.24) is 14.7 Å². The fourth-order valence-electron chi connectivity index (χ4n) is 7.11. The third kappa shape index (κ3) is 46.9. The highest BCUT2D eigenvalue weighted by molar-refractivity contribution is 5.72. The molecule has 0 bridgehead atoms. The molecule has 1 heterocycles. The van der Waals surface area contributed by atoms with Gasteiger partial charge in [-0.2, -0.15) is 0 Å². The number of hydrogen-bond donors (Lipinski definition) is 0. The molecule has 1 rings (SSSR count). The average molecular weight is 1010 g/mol. The molecule has 0 N–H and O–H groups in total. The molecule has 0 amide bonds. The fraction of sp³-hybridized carbons (Fsp3) is 0.885. The smallest absolute Gasteiger partial charge is 0.305 e. The molecule has 1 saturated heterocycles. The van der Waals surface area contributed by atoms with Crippen LogP contribution in [0.1, 0.15) is 164 Å². The first kappa shape index (κ1) is 68.7. The zero-order valence-electron chi connectivity index (χ0n) is 45.4. The molecule has 0 aromatic carbocycles. The molecular formula is C52H99N3O15. The topological polar surface area (TPSA) is 195 Å². The number of esters is 6. The Bertz CT molecular complexity index is 1270. The predicted molar refractivity (Wildman–Crippen MR) is 270 cm³/mol. The van der Waals surface area contributed by atoms with Gasteiger partial charge in [-0.05, 0) is 125 Å². The van der Waals surface area contributed by atoms with Crippen LogP contribution in [0.15, 0.2) is 0 Å². The molecule has 412 valence electrons. The summed E-state index contributed by atoms with van der Waals surface area (Å²) in [5.74, 6) is -1.28. The highest BCUT2D eigenvalue weighted by Crippen LogP contribution is 2.11. The second-order valence-corrected chi connectivity index (χ2v) is 17.7. The zero-order chi connectivity index (χ0) is 52.5. The number of carbonyl (C=O) groups excluding carboxylic acids is 6. The van der Waals surface area contributed by atoms with Crippen LogP contribution in [0.5, 0.6) is 0 Å². The predicted octanol–water partition coefficient (Wildman–Crippen LogP) is 7.35. The van der Waals surface area contributed by atoms with Crippen molar-refractivity contribution in [2.75, 3.05) is 127 Å². The van der Waals surface area contributed by atoms with E-state index in [-0.39, 0.29) is 55.6 Å². The van der Waals surface area contributed by atoms with Crippen molar-refractivity contribution in [2.24, 2.45) is 0 Å². The molecule has 0 spiro atoms. The molecule has 0 aromatic rings. The number of likely N-dealkylation sites (tertiary alicyclic amines) is 1. The van der Waals surface area contributed by atoms with E-state index in [1.165, 1.54) is 32.1 Å². The van der Waals surface area contributed by atoms with Gasteiger partial charge >= 0.3 is 35.8 Å². The van der Waals surface area contributed by atoms with E-state index in [0.717, 1.165) is 58.7 Å². The number of piperidine rings is 1. The Balaban J connectivity index is 0. The van der Waals surface area contributed by atoms with E-state index < -0.39 is 0 Å². The number of hydrogen-bond acceptors (Lipinski definition) is 18. The maximum atomic E-state index is 11.7. The Morgan fingerprint density at radius 3 is 1.10 bits per heavy atom. The van der Waals surface area contributed by atoms with Gasteiger partial charge in [-0.3, -0.25) is 38.6 Å². The van der Waals surface area contributed by atoms with Crippen molar-refractivity contribution in [3.8, 4) is 0 Å². The van der Waals surface area contributed by atoms with Crippen LogP contribution in [0, 0.1) is 0 Å². The SMILES string of the molecule is CCN(CC)CCOC(=O)CCCCC(=O)OCCOC.COCCOC(=O)CCCCC(=O)OCCCCCCN(C(C)C)C(C)C.COCCOC(=O)CCCCC(=O)OCCN1CCCCC1. The summed E-state index contributed by atoms with van der Waals surface area (Å²) < 4.78 is 44.8. The van der Waals surface area contributed by atoms with Gasteiger partial charge in [-0.1, -0.05) is 33.1 Å².